The monoisotopic (exact) mass is 435 g/mol. The summed E-state index contributed by atoms with van der Waals surface area (Å²) in [5.74, 6) is -1.19. The number of carboxylic acid groups (broad SMARTS) is 2. The molecule has 1 aliphatic rings. The highest BCUT2D eigenvalue weighted by atomic mass is 79.9. The van der Waals surface area contributed by atoms with E-state index in [1.165, 1.54) is 19.5 Å². The third-order valence-corrected chi connectivity index (χ3v) is 4.54. The number of halogens is 2. The van der Waals surface area contributed by atoms with Gasteiger partial charge in [-0.25, -0.2) is 9.59 Å². The molecule has 1 heterocycles. The van der Waals surface area contributed by atoms with E-state index in [-0.39, 0.29) is 0 Å². The zero-order chi connectivity index (χ0) is 19.0. The molecule has 0 spiro atoms. The van der Waals surface area contributed by atoms with Crippen molar-refractivity contribution in [3.8, 4) is 5.75 Å². The molecule has 1 aliphatic heterocycles. The highest BCUT2D eigenvalue weighted by Gasteiger charge is 2.21. The Morgan fingerprint density at radius 1 is 1.24 bits per heavy atom. The maximum atomic E-state index is 9.10. The highest BCUT2D eigenvalue weighted by Crippen LogP contribution is 2.28. The molecule has 1 aromatic rings. The molecule has 0 aromatic heterocycles. The molecule has 1 fully saturated rings. The molecule has 1 saturated heterocycles. The molecule has 140 valence electrons. The molecule has 6 nitrogen and oxygen atoms in total. The Kier molecular flexibility index (Phi) is 9.24. The average molecular weight is 437 g/mol. The van der Waals surface area contributed by atoms with Gasteiger partial charge in [0.05, 0.1) is 4.47 Å². The first-order valence-electron chi connectivity index (χ1n) is 7.95. The molecule has 25 heavy (non-hydrogen) atoms. The zero-order valence-electron chi connectivity index (χ0n) is 14.2. The second-order valence-electron chi connectivity index (χ2n) is 6.24. The number of hydrogen-bond acceptors (Lipinski definition) is 4. The van der Waals surface area contributed by atoms with E-state index in [1.807, 2.05) is 18.2 Å². The summed E-state index contributed by atoms with van der Waals surface area (Å²) in [6.45, 7) is 8.76. The summed E-state index contributed by atoms with van der Waals surface area (Å²) < 4.78 is 6.73. The van der Waals surface area contributed by atoms with Crippen molar-refractivity contribution in [1.82, 2.24) is 4.90 Å². The van der Waals surface area contributed by atoms with Crippen LogP contribution in [0.4, 0.5) is 0 Å². The van der Waals surface area contributed by atoms with Crippen LogP contribution in [0.15, 0.2) is 22.7 Å². The molecule has 2 atom stereocenters. The fraction of sp³-hybridized carbons (Fsp3) is 0.529. The van der Waals surface area contributed by atoms with E-state index in [0.29, 0.717) is 0 Å². The van der Waals surface area contributed by atoms with E-state index >= 15 is 0 Å². The Morgan fingerprint density at radius 3 is 2.28 bits per heavy atom. The number of benzene rings is 1. The van der Waals surface area contributed by atoms with Crippen molar-refractivity contribution < 1.29 is 24.5 Å². The molecule has 0 saturated carbocycles. The quantitative estimate of drug-likeness (QED) is 0.701. The molecule has 1 aromatic carbocycles. The number of carbonyl (C=O) groups is 2. The molecule has 2 unspecified atom stereocenters. The van der Waals surface area contributed by atoms with E-state index in [0.717, 1.165) is 40.2 Å². The van der Waals surface area contributed by atoms with Gasteiger partial charge in [-0.3, -0.25) is 4.90 Å². The lowest BCUT2D eigenvalue weighted by Crippen LogP contribution is -2.40. The summed E-state index contributed by atoms with van der Waals surface area (Å²) in [6.07, 6.45) is 1.35. The lowest BCUT2D eigenvalue weighted by atomic mass is 9.92. The third kappa shape index (κ3) is 8.56. The van der Waals surface area contributed by atoms with Gasteiger partial charge in [-0.1, -0.05) is 25.4 Å². The first-order valence-corrected chi connectivity index (χ1v) is 9.12. The Morgan fingerprint density at radius 2 is 1.80 bits per heavy atom. The van der Waals surface area contributed by atoms with Gasteiger partial charge in [0.2, 0.25) is 0 Å². The van der Waals surface area contributed by atoms with Crippen molar-refractivity contribution in [2.24, 2.45) is 11.8 Å². The number of piperidine rings is 1. The Labute approximate surface area is 160 Å². The Bertz CT molecular complexity index is 576. The topological polar surface area (TPSA) is 87.1 Å². The molecule has 0 radical (unpaired) electrons. The second kappa shape index (κ2) is 10.6. The molecule has 0 bridgehead atoms. The van der Waals surface area contributed by atoms with Gasteiger partial charge in [-0.15, -0.1) is 0 Å². The smallest absolute Gasteiger partial charge is 0.414 e. The Balaban J connectivity index is 0.000000450. The first-order chi connectivity index (χ1) is 11.7. The van der Waals surface area contributed by atoms with E-state index in [4.69, 9.17) is 36.1 Å². The van der Waals surface area contributed by atoms with Crippen LogP contribution in [0.2, 0.25) is 5.02 Å². The predicted molar refractivity (Wildman–Crippen MR) is 99.3 cm³/mol. The maximum Gasteiger partial charge on any atom is 0.414 e. The van der Waals surface area contributed by atoms with Crippen molar-refractivity contribution in [3.05, 3.63) is 27.7 Å². The molecule has 8 heteroatoms. The summed E-state index contributed by atoms with van der Waals surface area (Å²) >= 11 is 9.38. The number of likely N-dealkylation sites (tertiary alicyclic amines) is 1. The molecule has 0 amide bonds. The lowest BCUT2D eigenvalue weighted by molar-refractivity contribution is -0.159. The van der Waals surface area contributed by atoms with E-state index < -0.39 is 11.9 Å². The summed E-state index contributed by atoms with van der Waals surface area (Å²) in [6, 6.07) is 5.63. The summed E-state index contributed by atoms with van der Waals surface area (Å²) in [5, 5.41) is 15.5. The number of hydrogen-bond donors (Lipinski definition) is 2. The van der Waals surface area contributed by atoms with Gasteiger partial charge in [0.25, 0.3) is 0 Å². The second-order valence-corrected chi connectivity index (χ2v) is 7.53. The fourth-order valence-electron chi connectivity index (χ4n) is 2.85. The van der Waals surface area contributed by atoms with Crippen LogP contribution in [-0.4, -0.2) is 53.3 Å². The largest absolute Gasteiger partial charge is 0.491 e. The van der Waals surface area contributed by atoms with Crippen LogP contribution in [0.5, 0.6) is 5.75 Å². The minimum Gasteiger partial charge on any atom is -0.491 e. The zero-order valence-corrected chi connectivity index (χ0v) is 16.6. The van der Waals surface area contributed by atoms with Gasteiger partial charge < -0.3 is 14.9 Å². The van der Waals surface area contributed by atoms with Gasteiger partial charge in [0, 0.05) is 24.7 Å². The molecule has 2 rings (SSSR count). The van der Waals surface area contributed by atoms with Crippen LogP contribution in [0, 0.1) is 11.8 Å². The number of aliphatic carboxylic acids is 2. The van der Waals surface area contributed by atoms with Crippen LogP contribution in [0.1, 0.15) is 20.3 Å². The van der Waals surface area contributed by atoms with Gasteiger partial charge in [-0.05, 0) is 52.4 Å². The van der Waals surface area contributed by atoms with Crippen molar-refractivity contribution in [1.29, 1.82) is 0 Å². The van der Waals surface area contributed by atoms with Gasteiger partial charge in [0.15, 0.2) is 0 Å². The molecule has 0 aliphatic carbocycles. The van der Waals surface area contributed by atoms with Crippen LogP contribution in [0.25, 0.3) is 0 Å². The predicted octanol–water partition coefficient (Wildman–Crippen LogP) is 3.61. The van der Waals surface area contributed by atoms with Gasteiger partial charge in [0.1, 0.15) is 12.4 Å². The molecular weight excluding hydrogens is 414 g/mol. The molecule has 2 N–H and O–H groups in total. The first kappa shape index (κ1) is 21.7. The minimum absolute atomic E-state index is 0.720. The number of ether oxygens (including phenoxy) is 1. The van der Waals surface area contributed by atoms with Crippen LogP contribution < -0.4 is 4.74 Å². The SMILES string of the molecule is CC1CC(C)CN(CCOc2ccc(Cl)cc2Br)C1.O=C(O)C(=O)O. The summed E-state index contributed by atoms with van der Waals surface area (Å²) in [5.41, 5.74) is 0. The van der Waals surface area contributed by atoms with Crippen molar-refractivity contribution in [2.45, 2.75) is 20.3 Å². The standard InChI is InChI=1S/C15H21BrClNO.C2H2O4/c1-11-7-12(2)10-18(9-11)5-6-19-15-4-3-13(17)8-14(15)16;3-1(4)2(5)6/h3-4,8,11-12H,5-7,9-10H2,1-2H3;(H,3,4)(H,5,6). The van der Waals surface area contributed by atoms with Crippen LogP contribution >= 0.6 is 27.5 Å². The Hall–Kier alpha value is -1.31. The fourth-order valence-corrected chi connectivity index (χ4v) is 3.65. The van der Waals surface area contributed by atoms with Crippen molar-refractivity contribution >= 4 is 39.5 Å². The maximum absolute atomic E-state index is 9.10. The van der Waals surface area contributed by atoms with Crippen LogP contribution in [-0.2, 0) is 9.59 Å². The van der Waals surface area contributed by atoms with E-state index in [9.17, 15) is 0 Å². The van der Waals surface area contributed by atoms with E-state index in [2.05, 4.69) is 34.7 Å². The third-order valence-electron chi connectivity index (χ3n) is 3.69. The van der Waals surface area contributed by atoms with Gasteiger partial charge in [-0.2, -0.15) is 0 Å². The number of carboxylic acids is 2. The highest BCUT2D eigenvalue weighted by molar-refractivity contribution is 9.10. The normalized spacial score (nSPS) is 20.3. The minimum atomic E-state index is -1.82. The summed E-state index contributed by atoms with van der Waals surface area (Å²) in [4.78, 5) is 20.7. The van der Waals surface area contributed by atoms with Gasteiger partial charge >= 0.3 is 11.9 Å². The average Bonchev–Trinajstić information content (AvgIpc) is 2.49. The summed E-state index contributed by atoms with van der Waals surface area (Å²) in [7, 11) is 0. The number of rotatable bonds is 4. The molecular formula is C17H23BrClNO5. The number of nitrogens with zero attached hydrogens (tertiary/aromatic N) is 1. The van der Waals surface area contributed by atoms with Crippen molar-refractivity contribution in [2.75, 3.05) is 26.2 Å². The lowest BCUT2D eigenvalue weighted by Gasteiger charge is -2.34. The van der Waals surface area contributed by atoms with Crippen molar-refractivity contribution in [3.63, 3.8) is 0 Å². The van der Waals surface area contributed by atoms with Crippen LogP contribution in [0.3, 0.4) is 0 Å². The van der Waals surface area contributed by atoms with E-state index in [1.54, 1.807) is 0 Å².